The fraction of sp³-hybridized carbons (Fsp3) is 0.412. The zero-order valence-electron chi connectivity index (χ0n) is 13.2. The Labute approximate surface area is 139 Å². The maximum absolute atomic E-state index is 6.67. The minimum atomic E-state index is 0.669. The van der Waals surface area contributed by atoms with Gasteiger partial charge in [0.1, 0.15) is 4.83 Å². The Balaban J connectivity index is 1.98. The van der Waals surface area contributed by atoms with Crippen molar-refractivity contribution in [2.24, 2.45) is 0 Å². The van der Waals surface area contributed by atoms with E-state index in [9.17, 15) is 0 Å². The summed E-state index contributed by atoms with van der Waals surface area (Å²) in [7, 11) is 0. The van der Waals surface area contributed by atoms with Crippen molar-refractivity contribution in [1.82, 2.24) is 13.9 Å². The Bertz CT molecular complexity index is 903. The lowest BCUT2D eigenvalue weighted by Crippen LogP contribution is -1.99. The number of rotatable bonds is 2. The summed E-state index contributed by atoms with van der Waals surface area (Å²) in [5, 5.41) is 1.86. The lowest BCUT2D eigenvalue weighted by Gasteiger charge is -2.10. The van der Waals surface area contributed by atoms with Gasteiger partial charge in [-0.2, -0.15) is 4.37 Å². The molecule has 5 heteroatoms. The van der Waals surface area contributed by atoms with Crippen LogP contribution in [0.3, 0.4) is 0 Å². The van der Waals surface area contributed by atoms with Crippen LogP contribution in [-0.2, 0) is 0 Å². The first-order valence-corrected chi connectivity index (χ1v) is 8.75. The molecule has 1 aliphatic rings. The smallest absolute Gasteiger partial charge is 0.144 e. The second kappa shape index (κ2) is 4.80. The Morgan fingerprint density at radius 2 is 1.95 bits per heavy atom. The molecule has 3 nitrogen and oxygen atoms in total. The van der Waals surface area contributed by atoms with Gasteiger partial charge in [0, 0.05) is 28.4 Å². The first kappa shape index (κ1) is 14.2. The van der Waals surface area contributed by atoms with E-state index in [4.69, 9.17) is 16.6 Å². The average Bonchev–Trinajstić information content (AvgIpc) is 3.17. The molecule has 0 spiro atoms. The molecule has 0 amide bonds. The van der Waals surface area contributed by atoms with Crippen LogP contribution in [-0.4, -0.2) is 13.9 Å². The average molecular weight is 332 g/mol. The predicted octanol–water partition coefficient (Wildman–Crippen LogP) is 5.38. The highest BCUT2D eigenvalue weighted by atomic mass is 35.5. The SMILES string of the molecule is Cc1nsc2nc(-c3cc(C)n(C4CC4)c3C)c(Cl)c(C)c12. The van der Waals surface area contributed by atoms with E-state index in [1.807, 2.05) is 6.92 Å². The number of aryl methyl sites for hydroxylation is 3. The van der Waals surface area contributed by atoms with Crippen molar-refractivity contribution in [1.29, 1.82) is 0 Å². The second-order valence-electron chi connectivity index (χ2n) is 6.23. The fourth-order valence-electron chi connectivity index (χ4n) is 3.39. The lowest BCUT2D eigenvalue weighted by atomic mass is 10.1. The maximum Gasteiger partial charge on any atom is 0.144 e. The molecule has 4 rings (SSSR count). The molecule has 3 aromatic rings. The fourth-order valence-corrected chi connectivity index (χ4v) is 4.47. The summed E-state index contributed by atoms with van der Waals surface area (Å²) in [6.45, 7) is 8.43. The number of nitrogens with zero attached hydrogens (tertiary/aromatic N) is 3. The van der Waals surface area contributed by atoms with E-state index in [1.54, 1.807) is 0 Å². The van der Waals surface area contributed by atoms with Crippen LogP contribution in [0.2, 0.25) is 5.02 Å². The van der Waals surface area contributed by atoms with Crippen LogP contribution in [0.25, 0.3) is 21.5 Å². The molecule has 0 aliphatic heterocycles. The molecule has 0 aromatic carbocycles. The summed E-state index contributed by atoms with van der Waals surface area (Å²) in [6, 6.07) is 2.89. The van der Waals surface area contributed by atoms with Crippen molar-refractivity contribution in [3.05, 3.63) is 33.7 Å². The first-order valence-electron chi connectivity index (χ1n) is 7.60. The van der Waals surface area contributed by atoms with E-state index in [-0.39, 0.29) is 0 Å². The highest BCUT2D eigenvalue weighted by Crippen LogP contribution is 2.42. The Morgan fingerprint density at radius 3 is 2.64 bits per heavy atom. The molecular weight excluding hydrogens is 314 g/mol. The lowest BCUT2D eigenvalue weighted by molar-refractivity contribution is 0.700. The highest BCUT2D eigenvalue weighted by molar-refractivity contribution is 7.13. The van der Waals surface area contributed by atoms with Crippen LogP contribution in [0.1, 0.15) is 41.5 Å². The van der Waals surface area contributed by atoms with Gasteiger partial charge in [0.25, 0.3) is 0 Å². The quantitative estimate of drug-likeness (QED) is 0.631. The van der Waals surface area contributed by atoms with Crippen LogP contribution in [0.15, 0.2) is 6.07 Å². The normalized spacial score (nSPS) is 15.0. The van der Waals surface area contributed by atoms with Gasteiger partial charge in [-0.05, 0) is 63.7 Å². The van der Waals surface area contributed by atoms with Crippen LogP contribution in [0.5, 0.6) is 0 Å². The summed E-state index contributed by atoms with van der Waals surface area (Å²) in [5.41, 5.74) is 6.73. The number of aromatic nitrogens is 3. The predicted molar refractivity (Wildman–Crippen MR) is 93.1 cm³/mol. The molecule has 3 heterocycles. The molecule has 3 aromatic heterocycles. The minimum absolute atomic E-state index is 0.669. The Hall–Kier alpha value is -1.39. The summed E-state index contributed by atoms with van der Waals surface area (Å²) in [6.07, 6.45) is 2.56. The minimum Gasteiger partial charge on any atom is -0.345 e. The van der Waals surface area contributed by atoms with Crippen LogP contribution in [0, 0.1) is 27.7 Å². The van der Waals surface area contributed by atoms with Crippen molar-refractivity contribution < 1.29 is 0 Å². The maximum atomic E-state index is 6.67. The number of fused-ring (bicyclic) bond motifs is 1. The van der Waals surface area contributed by atoms with Crippen molar-refractivity contribution in [3.8, 4) is 11.3 Å². The van der Waals surface area contributed by atoms with Crippen molar-refractivity contribution >= 4 is 33.4 Å². The molecule has 0 unspecified atom stereocenters. The van der Waals surface area contributed by atoms with E-state index < -0.39 is 0 Å². The molecule has 0 N–H and O–H groups in total. The van der Waals surface area contributed by atoms with E-state index in [0.717, 1.165) is 37.8 Å². The molecule has 1 aliphatic carbocycles. The number of halogens is 1. The van der Waals surface area contributed by atoms with Crippen molar-refractivity contribution in [3.63, 3.8) is 0 Å². The third kappa shape index (κ3) is 1.94. The highest BCUT2D eigenvalue weighted by Gasteiger charge is 2.28. The molecular formula is C17H18ClN3S. The van der Waals surface area contributed by atoms with Gasteiger partial charge in [-0.25, -0.2) is 4.98 Å². The van der Waals surface area contributed by atoms with Gasteiger partial charge < -0.3 is 4.57 Å². The van der Waals surface area contributed by atoms with E-state index >= 15 is 0 Å². The second-order valence-corrected chi connectivity index (χ2v) is 7.36. The van der Waals surface area contributed by atoms with Gasteiger partial charge in [0.15, 0.2) is 0 Å². The van der Waals surface area contributed by atoms with E-state index in [1.165, 1.54) is 35.8 Å². The zero-order valence-corrected chi connectivity index (χ0v) is 14.8. The molecule has 114 valence electrons. The van der Waals surface area contributed by atoms with Gasteiger partial charge in [-0.3, -0.25) is 0 Å². The molecule has 1 saturated carbocycles. The first-order chi connectivity index (χ1) is 10.5. The third-order valence-corrected chi connectivity index (χ3v) is 5.92. The Morgan fingerprint density at radius 1 is 1.23 bits per heavy atom. The summed E-state index contributed by atoms with van der Waals surface area (Å²) < 4.78 is 6.87. The number of pyridine rings is 1. The standard InChI is InChI=1S/C17H18ClN3S/c1-8-7-13(11(4)21(8)12-5-6-12)16-15(18)9(2)14-10(3)20-22-17(14)19-16/h7,12H,5-6H2,1-4H3. The van der Waals surface area contributed by atoms with Crippen LogP contribution in [0.4, 0.5) is 0 Å². The van der Waals surface area contributed by atoms with Gasteiger partial charge in [0.2, 0.25) is 0 Å². The summed E-state index contributed by atoms with van der Waals surface area (Å²) in [5.74, 6) is 0. The molecule has 0 radical (unpaired) electrons. The monoisotopic (exact) mass is 331 g/mol. The van der Waals surface area contributed by atoms with Gasteiger partial charge >= 0.3 is 0 Å². The molecule has 22 heavy (non-hydrogen) atoms. The van der Waals surface area contributed by atoms with Gasteiger partial charge in [-0.15, -0.1) is 0 Å². The largest absolute Gasteiger partial charge is 0.345 e. The van der Waals surface area contributed by atoms with Gasteiger partial charge in [0.05, 0.1) is 16.4 Å². The van der Waals surface area contributed by atoms with Crippen molar-refractivity contribution in [2.45, 2.75) is 46.6 Å². The van der Waals surface area contributed by atoms with Crippen molar-refractivity contribution in [2.75, 3.05) is 0 Å². The number of hydrogen-bond acceptors (Lipinski definition) is 3. The molecule has 1 fully saturated rings. The summed E-state index contributed by atoms with van der Waals surface area (Å²) >= 11 is 8.12. The molecule has 0 atom stereocenters. The Kier molecular flexibility index (Phi) is 3.10. The topological polar surface area (TPSA) is 30.7 Å². The van der Waals surface area contributed by atoms with E-state index in [2.05, 4.69) is 35.8 Å². The third-order valence-electron chi connectivity index (χ3n) is 4.62. The van der Waals surface area contributed by atoms with Gasteiger partial charge in [-0.1, -0.05) is 11.6 Å². The van der Waals surface area contributed by atoms with Crippen LogP contribution >= 0.6 is 23.1 Å². The number of hydrogen-bond donors (Lipinski definition) is 0. The summed E-state index contributed by atoms with van der Waals surface area (Å²) in [4.78, 5) is 5.81. The van der Waals surface area contributed by atoms with E-state index in [0.29, 0.717) is 6.04 Å². The molecule has 0 bridgehead atoms. The molecule has 0 saturated heterocycles. The van der Waals surface area contributed by atoms with Crippen LogP contribution < -0.4 is 0 Å². The zero-order chi connectivity index (χ0) is 15.6.